The highest BCUT2D eigenvalue weighted by atomic mass is 16.5. The summed E-state index contributed by atoms with van der Waals surface area (Å²) in [5.74, 6) is -0.368. The fraction of sp³-hybridized carbons (Fsp3) is 0.591. The quantitative estimate of drug-likeness (QED) is 0.365. The third kappa shape index (κ3) is 8.02. The van der Waals surface area contributed by atoms with Gasteiger partial charge in [-0.1, -0.05) is 38.8 Å². The van der Waals surface area contributed by atoms with Gasteiger partial charge in [0.15, 0.2) is 0 Å². The monoisotopic (exact) mass is 418 g/mol. The summed E-state index contributed by atoms with van der Waals surface area (Å²) in [7, 11) is 0. The number of urea groups is 1. The molecule has 1 aromatic rings. The number of hydrogen-bond acceptors (Lipinski definition) is 4. The minimum absolute atomic E-state index is 0.156. The second-order valence-corrected chi connectivity index (χ2v) is 8.98. The van der Waals surface area contributed by atoms with Crippen molar-refractivity contribution >= 4 is 23.5 Å². The van der Waals surface area contributed by atoms with Gasteiger partial charge in [-0.25, -0.2) is 10.3 Å². The van der Waals surface area contributed by atoms with Crippen molar-refractivity contribution in [2.75, 3.05) is 25.0 Å². The van der Waals surface area contributed by atoms with Gasteiger partial charge in [-0.15, -0.1) is 0 Å². The minimum Gasteiger partial charge on any atom is -0.337 e. The summed E-state index contributed by atoms with van der Waals surface area (Å²) in [6.07, 6.45) is 4.57. The van der Waals surface area contributed by atoms with E-state index in [1.165, 1.54) is 4.90 Å². The van der Waals surface area contributed by atoms with Gasteiger partial charge in [0.1, 0.15) is 6.54 Å². The molecule has 8 heteroatoms. The van der Waals surface area contributed by atoms with Gasteiger partial charge in [-0.05, 0) is 48.8 Å². The zero-order valence-electron chi connectivity index (χ0n) is 18.2. The van der Waals surface area contributed by atoms with Crippen LogP contribution in [0.4, 0.5) is 10.5 Å². The lowest BCUT2D eigenvalue weighted by Crippen LogP contribution is -2.45. The number of anilines is 1. The average Bonchev–Trinajstić information content (AvgIpc) is 3.18. The lowest BCUT2D eigenvalue weighted by molar-refractivity contribution is -0.141. The molecule has 0 spiro atoms. The Kier molecular flexibility index (Phi) is 8.65. The molecule has 1 fully saturated rings. The van der Waals surface area contributed by atoms with Crippen molar-refractivity contribution in [3.05, 3.63) is 29.8 Å². The van der Waals surface area contributed by atoms with Gasteiger partial charge in [0.25, 0.3) is 5.91 Å². The molecule has 0 unspecified atom stereocenters. The maximum Gasteiger partial charge on any atom is 0.319 e. The summed E-state index contributed by atoms with van der Waals surface area (Å²) in [6, 6.07) is 7.18. The van der Waals surface area contributed by atoms with E-state index in [0.717, 1.165) is 31.2 Å². The number of amides is 4. The zero-order valence-corrected chi connectivity index (χ0v) is 18.2. The number of nitrogens with one attached hydrogen (secondary N) is 3. The largest absolute Gasteiger partial charge is 0.337 e. The van der Waals surface area contributed by atoms with E-state index < -0.39 is 11.3 Å². The van der Waals surface area contributed by atoms with E-state index >= 15 is 0 Å². The molecule has 4 amide bonds. The summed E-state index contributed by atoms with van der Waals surface area (Å²) in [5, 5.41) is 14.5. The van der Waals surface area contributed by atoms with Crippen LogP contribution in [0.25, 0.3) is 0 Å². The summed E-state index contributed by atoms with van der Waals surface area (Å²) < 4.78 is 0. The van der Waals surface area contributed by atoms with Gasteiger partial charge >= 0.3 is 6.03 Å². The van der Waals surface area contributed by atoms with Crippen LogP contribution in [-0.2, 0) is 9.59 Å². The molecule has 1 aliphatic rings. The number of nitrogens with zero attached hydrogens (tertiary/aromatic N) is 1. The first-order chi connectivity index (χ1) is 14.2. The normalized spacial score (nSPS) is 14.3. The number of hydroxylamine groups is 1. The van der Waals surface area contributed by atoms with E-state index in [9.17, 15) is 14.4 Å². The van der Waals surface area contributed by atoms with Gasteiger partial charge < -0.3 is 15.5 Å². The molecule has 8 nitrogen and oxygen atoms in total. The number of carbonyl (C=O) groups is 3. The zero-order chi connectivity index (χ0) is 22.1. The number of carbonyl (C=O) groups excluding carboxylic acids is 3. The second kappa shape index (κ2) is 11.0. The molecular formula is C22H34N4O4. The Hall–Kier alpha value is -2.61. The Morgan fingerprint density at radius 1 is 1.20 bits per heavy atom. The van der Waals surface area contributed by atoms with Crippen molar-refractivity contribution in [1.29, 1.82) is 0 Å². The smallest absolute Gasteiger partial charge is 0.319 e. The van der Waals surface area contributed by atoms with Gasteiger partial charge in [-0.3, -0.25) is 14.8 Å². The van der Waals surface area contributed by atoms with Crippen LogP contribution in [0.1, 0.15) is 51.5 Å². The first-order valence-corrected chi connectivity index (χ1v) is 10.5. The van der Waals surface area contributed by atoms with Gasteiger partial charge in [0.2, 0.25) is 5.91 Å². The predicted octanol–water partition coefficient (Wildman–Crippen LogP) is 3.06. The molecule has 1 saturated carbocycles. The summed E-state index contributed by atoms with van der Waals surface area (Å²) in [6.45, 7) is 6.41. The first-order valence-electron chi connectivity index (χ1n) is 10.5. The average molecular weight is 419 g/mol. The van der Waals surface area contributed by atoms with Crippen LogP contribution in [0, 0.1) is 18.3 Å². The highest BCUT2D eigenvalue weighted by Gasteiger charge is 2.29. The number of hydrogen-bond donors (Lipinski definition) is 4. The summed E-state index contributed by atoms with van der Waals surface area (Å²) in [4.78, 5) is 38.3. The molecule has 4 N–H and O–H groups in total. The van der Waals surface area contributed by atoms with Crippen LogP contribution in [0.15, 0.2) is 24.3 Å². The van der Waals surface area contributed by atoms with Crippen LogP contribution in [-0.4, -0.2) is 47.6 Å². The summed E-state index contributed by atoms with van der Waals surface area (Å²) >= 11 is 0. The molecule has 0 radical (unpaired) electrons. The standard InChI is InChI=1S/C22H34N4O4/c1-16-7-6-10-18(11-16)24-21(29)23-15-22(2,3)12-20(28)26(14-19(27)25-30)13-17-8-4-5-9-17/h6-7,10-11,17,30H,4-5,8-9,12-15H2,1-3H3,(H,25,27)(H2,23,24,29). The number of aryl methyl sites for hydroxylation is 1. The van der Waals surface area contributed by atoms with Crippen LogP contribution in [0.3, 0.4) is 0 Å². The van der Waals surface area contributed by atoms with Crippen molar-refractivity contribution in [1.82, 2.24) is 15.7 Å². The Bertz CT molecular complexity index is 744. The SMILES string of the molecule is Cc1cccc(NC(=O)NCC(C)(C)CC(=O)N(CC(=O)NO)CC2CCCC2)c1. The van der Waals surface area contributed by atoms with Crippen molar-refractivity contribution in [3.8, 4) is 0 Å². The van der Waals surface area contributed by atoms with Crippen molar-refractivity contribution in [2.45, 2.75) is 52.9 Å². The van der Waals surface area contributed by atoms with Crippen LogP contribution >= 0.6 is 0 Å². The van der Waals surface area contributed by atoms with Gasteiger partial charge in [0, 0.05) is 25.2 Å². The van der Waals surface area contributed by atoms with Gasteiger partial charge in [-0.2, -0.15) is 0 Å². The van der Waals surface area contributed by atoms with E-state index in [1.807, 2.05) is 45.0 Å². The van der Waals surface area contributed by atoms with Crippen LogP contribution in [0.2, 0.25) is 0 Å². The Balaban J connectivity index is 1.88. The Labute approximate surface area is 178 Å². The second-order valence-electron chi connectivity index (χ2n) is 8.98. The predicted molar refractivity (Wildman–Crippen MR) is 115 cm³/mol. The molecule has 1 aromatic carbocycles. The molecule has 1 aliphatic carbocycles. The third-order valence-electron chi connectivity index (χ3n) is 5.40. The van der Waals surface area contributed by atoms with Crippen LogP contribution in [0.5, 0.6) is 0 Å². The summed E-state index contributed by atoms with van der Waals surface area (Å²) in [5.41, 5.74) is 2.87. The molecule has 166 valence electrons. The molecule has 0 atom stereocenters. The minimum atomic E-state index is -0.602. The molecule has 0 aromatic heterocycles. The maximum absolute atomic E-state index is 12.9. The lowest BCUT2D eigenvalue weighted by Gasteiger charge is -2.30. The van der Waals surface area contributed by atoms with Crippen molar-refractivity contribution in [2.24, 2.45) is 11.3 Å². The highest BCUT2D eigenvalue weighted by molar-refractivity contribution is 5.89. The van der Waals surface area contributed by atoms with Crippen LogP contribution < -0.4 is 16.1 Å². The van der Waals surface area contributed by atoms with E-state index in [0.29, 0.717) is 24.7 Å². The maximum atomic E-state index is 12.9. The molecule has 0 saturated heterocycles. The molecule has 30 heavy (non-hydrogen) atoms. The lowest BCUT2D eigenvalue weighted by atomic mass is 9.88. The number of benzene rings is 1. The fourth-order valence-corrected chi connectivity index (χ4v) is 3.77. The molecule has 0 heterocycles. The van der Waals surface area contributed by atoms with Crippen molar-refractivity contribution < 1.29 is 19.6 Å². The van der Waals surface area contributed by atoms with E-state index in [2.05, 4.69) is 10.6 Å². The van der Waals surface area contributed by atoms with E-state index in [4.69, 9.17) is 5.21 Å². The third-order valence-corrected chi connectivity index (χ3v) is 5.40. The molecule has 0 bridgehead atoms. The fourth-order valence-electron chi connectivity index (χ4n) is 3.77. The highest BCUT2D eigenvalue weighted by Crippen LogP contribution is 2.27. The number of rotatable bonds is 9. The van der Waals surface area contributed by atoms with E-state index in [-0.39, 0.29) is 24.9 Å². The Morgan fingerprint density at radius 3 is 2.53 bits per heavy atom. The molecule has 0 aliphatic heterocycles. The van der Waals surface area contributed by atoms with Gasteiger partial charge in [0.05, 0.1) is 0 Å². The topological polar surface area (TPSA) is 111 Å². The molecular weight excluding hydrogens is 384 g/mol. The Morgan fingerprint density at radius 2 is 1.90 bits per heavy atom. The first kappa shape index (κ1) is 23.7. The molecule has 2 rings (SSSR count). The van der Waals surface area contributed by atoms with Crippen molar-refractivity contribution in [3.63, 3.8) is 0 Å². The van der Waals surface area contributed by atoms with E-state index in [1.54, 1.807) is 5.48 Å².